The van der Waals surface area contributed by atoms with E-state index in [2.05, 4.69) is 17.9 Å². The minimum absolute atomic E-state index is 0.154. The maximum atomic E-state index is 12.3. The number of rotatable bonds is 4. The predicted molar refractivity (Wildman–Crippen MR) is 115 cm³/mol. The molecule has 29 heavy (non-hydrogen) atoms. The van der Waals surface area contributed by atoms with Crippen molar-refractivity contribution in [3.8, 4) is 28.2 Å². The molecule has 0 atom stereocenters. The van der Waals surface area contributed by atoms with Crippen molar-refractivity contribution in [1.29, 1.82) is 0 Å². The van der Waals surface area contributed by atoms with E-state index in [0.29, 0.717) is 29.2 Å². The van der Waals surface area contributed by atoms with E-state index >= 15 is 0 Å². The van der Waals surface area contributed by atoms with Gasteiger partial charge in [0.1, 0.15) is 11.3 Å². The molecule has 2 aliphatic rings. The molecular formula is C23H18NO4S-. The molecule has 1 N–H and O–H groups in total. The van der Waals surface area contributed by atoms with Crippen molar-refractivity contribution < 1.29 is 14.3 Å². The normalized spacial score (nSPS) is 11.1. The number of nitrogens with one attached hydrogen (secondary N) is 1. The van der Waals surface area contributed by atoms with Gasteiger partial charge in [-0.05, 0) is 48.4 Å². The van der Waals surface area contributed by atoms with E-state index in [4.69, 9.17) is 4.42 Å². The molecule has 0 bridgehead atoms. The first kappa shape index (κ1) is 19.1. The van der Waals surface area contributed by atoms with E-state index in [9.17, 15) is 14.7 Å². The van der Waals surface area contributed by atoms with E-state index in [1.54, 1.807) is 18.2 Å². The molecule has 0 saturated heterocycles. The number of benzene rings is 3. The van der Waals surface area contributed by atoms with E-state index in [-0.39, 0.29) is 17.1 Å². The Labute approximate surface area is 172 Å². The highest BCUT2D eigenvalue weighted by Gasteiger charge is 2.19. The van der Waals surface area contributed by atoms with E-state index in [1.807, 2.05) is 19.1 Å². The molecule has 146 valence electrons. The fraction of sp³-hybridized carbons (Fsp3) is 0.130. The van der Waals surface area contributed by atoms with Crippen molar-refractivity contribution in [1.82, 2.24) is 5.32 Å². The molecule has 4 rings (SSSR count). The highest BCUT2D eigenvalue weighted by atomic mass is 32.1. The van der Waals surface area contributed by atoms with E-state index in [1.165, 1.54) is 24.3 Å². The number of hydrogen-bond donors (Lipinski definition) is 2. The zero-order valence-electron chi connectivity index (χ0n) is 15.7. The van der Waals surface area contributed by atoms with E-state index < -0.39 is 0 Å². The molecule has 6 heteroatoms. The Hall–Kier alpha value is -3.25. The number of fused-ring (bicyclic) bond motifs is 2. The van der Waals surface area contributed by atoms with Crippen LogP contribution in [0.15, 0.2) is 63.8 Å². The lowest BCUT2D eigenvalue weighted by Gasteiger charge is -2.18. The average Bonchev–Trinajstić information content (AvgIpc) is 2.70. The monoisotopic (exact) mass is 404 g/mol. The van der Waals surface area contributed by atoms with Gasteiger partial charge in [-0.25, -0.2) is 0 Å². The Bertz CT molecular complexity index is 1260. The van der Waals surface area contributed by atoms with Crippen LogP contribution >= 0.6 is 12.6 Å². The molecule has 1 aliphatic heterocycles. The Balaban J connectivity index is 1.95. The molecular weight excluding hydrogens is 386 g/mol. The molecule has 1 heterocycles. The van der Waals surface area contributed by atoms with Crippen molar-refractivity contribution in [3.63, 3.8) is 0 Å². The van der Waals surface area contributed by atoms with Crippen LogP contribution in [0.5, 0.6) is 5.75 Å². The van der Waals surface area contributed by atoms with Gasteiger partial charge in [-0.1, -0.05) is 18.2 Å². The van der Waals surface area contributed by atoms with Gasteiger partial charge in [0.15, 0.2) is 5.43 Å². The van der Waals surface area contributed by atoms with Gasteiger partial charge in [-0.15, -0.1) is 5.75 Å². The minimum Gasteiger partial charge on any atom is -0.872 e. The topological polar surface area (TPSA) is 82.4 Å². The summed E-state index contributed by atoms with van der Waals surface area (Å²) in [6.45, 7) is 2.42. The van der Waals surface area contributed by atoms with Gasteiger partial charge in [0, 0.05) is 40.4 Å². The number of aryl methyl sites for hydroxylation is 1. The fourth-order valence-corrected chi connectivity index (χ4v) is 3.61. The van der Waals surface area contributed by atoms with Crippen molar-refractivity contribution in [2.45, 2.75) is 6.92 Å². The van der Waals surface area contributed by atoms with Crippen LogP contribution in [0, 0.1) is 6.92 Å². The predicted octanol–water partition coefficient (Wildman–Crippen LogP) is 3.61. The molecule has 1 aliphatic carbocycles. The maximum absolute atomic E-state index is 12.3. The zero-order chi connectivity index (χ0) is 20.5. The molecule has 2 aromatic rings. The molecule has 0 spiro atoms. The van der Waals surface area contributed by atoms with Crippen LogP contribution in [0.1, 0.15) is 15.9 Å². The molecule has 0 unspecified atom stereocenters. The molecule has 1 amide bonds. The lowest BCUT2D eigenvalue weighted by molar-refractivity contribution is -0.268. The summed E-state index contributed by atoms with van der Waals surface area (Å²) in [4.78, 5) is 24.1. The van der Waals surface area contributed by atoms with Crippen molar-refractivity contribution in [3.05, 3.63) is 75.9 Å². The standard InChI is InChI=1S/C23H19NO4S/c1-13-10-14(23(27)24-8-9-29)2-5-17(13)22-18-6-3-15(25)11-20(18)28-21-12-16(26)4-7-19(21)22/h2-7,10-12,25,29H,8-9H2,1H3,(H,24,27)/p-1. The third-order valence-electron chi connectivity index (χ3n) is 4.82. The molecule has 0 aromatic heterocycles. The smallest absolute Gasteiger partial charge is 0.251 e. The summed E-state index contributed by atoms with van der Waals surface area (Å²) in [5.41, 5.74) is 4.24. The van der Waals surface area contributed by atoms with Crippen LogP contribution in [0.4, 0.5) is 0 Å². The summed E-state index contributed by atoms with van der Waals surface area (Å²) in [7, 11) is 0. The Morgan fingerprint density at radius 3 is 2.62 bits per heavy atom. The first-order valence-electron chi connectivity index (χ1n) is 9.15. The largest absolute Gasteiger partial charge is 0.872 e. The third kappa shape index (κ3) is 3.59. The first-order valence-corrected chi connectivity index (χ1v) is 9.79. The maximum Gasteiger partial charge on any atom is 0.251 e. The second-order valence-corrected chi connectivity index (χ2v) is 7.25. The lowest BCUT2D eigenvalue weighted by atomic mass is 9.90. The van der Waals surface area contributed by atoms with Crippen molar-refractivity contribution in [2.24, 2.45) is 0 Å². The zero-order valence-corrected chi connectivity index (χ0v) is 16.6. The van der Waals surface area contributed by atoms with E-state index in [0.717, 1.165) is 27.6 Å². The third-order valence-corrected chi connectivity index (χ3v) is 5.04. The lowest BCUT2D eigenvalue weighted by Crippen LogP contribution is -2.25. The van der Waals surface area contributed by atoms with Gasteiger partial charge in [-0.3, -0.25) is 9.59 Å². The number of carbonyl (C=O) groups excluding carboxylic acids is 1. The number of carbonyl (C=O) groups is 1. The average molecular weight is 404 g/mol. The van der Waals surface area contributed by atoms with Gasteiger partial charge in [0.2, 0.25) is 0 Å². The van der Waals surface area contributed by atoms with Crippen molar-refractivity contribution >= 4 is 29.5 Å². The van der Waals surface area contributed by atoms with Crippen molar-refractivity contribution in [2.75, 3.05) is 12.3 Å². The first-order chi connectivity index (χ1) is 14.0. The molecule has 0 radical (unpaired) electrons. The summed E-state index contributed by atoms with van der Waals surface area (Å²) >= 11 is 4.11. The van der Waals surface area contributed by atoms with Crippen LogP contribution in [-0.2, 0) is 0 Å². The number of hydrogen-bond acceptors (Lipinski definition) is 5. The Morgan fingerprint density at radius 2 is 1.86 bits per heavy atom. The van der Waals surface area contributed by atoms with Gasteiger partial charge in [0.25, 0.3) is 5.91 Å². The molecule has 0 fully saturated rings. The summed E-state index contributed by atoms with van der Waals surface area (Å²) in [6.07, 6.45) is 0. The minimum atomic E-state index is -0.169. The molecule has 5 nitrogen and oxygen atoms in total. The number of amides is 1. The van der Waals surface area contributed by atoms with Crippen LogP contribution in [-0.4, -0.2) is 18.2 Å². The molecule has 0 saturated carbocycles. The second-order valence-electron chi connectivity index (χ2n) is 6.80. The van der Waals surface area contributed by atoms with Crippen LogP contribution in [0.2, 0.25) is 0 Å². The van der Waals surface area contributed by atoms with Crippen LogP contribution in [0.25, 0.3) is 33.4 Å². The van der Waals surface area contributed by atoms with Gasteiger partial charge in [-0.2, -0.15) is 12.6 Å². The SMILES string of the molecule is Cc1cc(C(=O)NCCS)ccc1-c1c2ccc(=O)cc-2oc2cc([O-])ccc12. The Kier molecular flexibility index (Phi) is 5.03. The fourth-order valence-electron chi connectivity index (χ4n) is 3.50. The van der Waals surface area contributed by atoms with Gasteiger partial charge >= 0.3 is 0 Å². The molecule has 2 aromatic carbocycles. The highest BCUT2D eigenvalue weighted by Crippen LogP contribution is 2.41. The highest BCUT2D eigenvalue weighted by molar-refractivity contribution is 7.80. The summed E-state index contributed by atoms with van der Waals surface area (Å²) in [5, 5.41) is 15.4. The van der Waals surface area contributed by atoms with Crippen LogP contribution < -0.4 is 15.9 Å². The van der Waals surface area contributed by atoms with Gasteiger partial charge < -0.3 is 14.8 Å². The summed E-state index contributed by atoms with van der Waals surface area (Å²) in [5.74, 6) is 0.661. The second kappa shape index (κ2) is 7.64. The summed E-state index contributed by atoms with van der Waals surface area (Å²) < 4.78 is 5.84. The van der Waals surface area contributed by atoms with Crippen LogP contribution in [0.3, 0.4) is 0 Å². The Morgan fingerprint density at radius 1 is 1.07 bits per heavy atom. The van der Waals surface area contributed by atoms with Gasteiger partial charge in [0.05, 0.1) is 0 Å². The quantitative estimate of drug-likeness (QED) is 0.402. The summed E-state index contributed by atoms with van der Waals surface area (Å²) in [6, 6.07) is 14.8. The number of thiol groups is 1.